The van der Waals surface area contributed by atoms with Gasteiger partial charge < -0.3 is 9.47 Å². The van der Waals surface area contributed by atoms with E-state index in [1.54, 1.807) is 0 Å². The SMILES string of the molecule is O=C(OCc1ccccc1)N1C2COCC1CC(Br)C2. The third-order valence-corrected chi connectivity index (χ3v) is 4.63. The highest BCUT2D eigenvalue weighted by atomic mass is 79.9. The summed E-state index contributed by atoms with van der Waals surface area (Å²) in [6.45, 7) is 1.55. The lowest BCUT2D eigenvalue weighted by Gasteiger charge is -2.46. The fourth-order valence-corrected chi connectivity index (χ4v) is 3.80. The van der Waals surface area contributed by atoms with E-state index in [4.69, 9.17) is 9.47 Å². The summed E-state index contributed by atoms with van der Waals surface area (Å²) in [5, 5.41) is 0. The molecule has 108 valence electrons. The maximum atomic E-state index is 12.3. The van der Waals surface area contributed by atoms with Crippen molar-refractivity contribution in [2.24, 2.45) is 0 Å². The first kappa shape index (κ1) is 13.9. The minimum atomic E-state index is -0.216. The minimum Gasteiger partial charge on any atom is -0.445 e. The Kier molecular flexibility index (Phi) is 4.27. The second kappa shape index (κ2) is 6.14. The molecule has 3 rings (SSSR count). The number of piperidine rings is 1. The van der Waals surface area contributed by atoms with Crippen molar-refractivity contribution in [1.82, 2.24) is 4.90 Å². The van der Waals surface area contributed by atoms with Gasteiger partial charge in [0, 0.05) is 4.83 Å². The van der Waals surface area contributed by atoms with Crippen LogP contribution in [0.25, 0.3) is 0 Å². The quantitative estimate of drug-likeness (QED) is 0.777. The summed E-state index contributed by atoms with van der Waals surface area (Å²) in [6.07, 6.45) is 1.64. The molecule has 4 nitrogen and oxygen atoms in total. The van der Waals surface area contributed by atoms with Crippen molar-refractivity contribution in [2.45, 2.75) is 36.4 Å². The number of nitrogens with zero attached hydrogens (tertiary/aromatic N) is 1. The third-order valence-electron chi connectivity index (χ3n) is 3.88. The van der Waals surface area contributed by atoms with Crippen LogP contribution in [0.1, 0.15) is 18.4 Å². The monoisotopic (exact) mass is 339 g/mol. The molecule has 0 aromatic heterocycles. The second-order valence-electron chi connectivity index (χ2n) is 5.36. The van der Waals surface area contributed by atoms with Crippen LogP contribution in [0.4, 0.5) is 4.79 Å². The van der Waals surface area contributed by atoms with E-state index in [9.17, 15) is 4.79 Å². The van der Waals surface area contributed by atoms with Crippen molar-refractivity contribution in [3.05, 3.63) is 35.9 Å². The van der Waals surface area contributed by atoms with Gasteiger partial charge in [-0.25, -0.2) is 4.79 Å². The molecule has 2 saturated heterocycles. The number of benzene rings is 1. The average molecular weight is 340 g/mol. The van der Waals surface area contributed by atoms with Gasteiger partial charge in [0.25, 0.3) is 0 Å². The zero-order valence-corrected chi connectivity index (χ0v) is 12.8. The Labute approximate surface area is 127 Å². The van der Waals surface area contributed by atoms with E-state index in [0.717, 1.165) is 18.4 Å². The van der Waals surface area contributed by atoms with Gasteiger partial charge in [-0.1, -0.05) is 46.3 Å². The number of hydrogen-bond acceptors (Lipinski definition) is 3. The molecule has 0 spiro atoms. The number of halogens is 1. The zero-order chi connectivity index (χ0) is 13.9. The summed E-state index contributed by atoms with van der Waals surface area (Å²) >= 11 is 3.66. The number of morpholine rings is 1. The van der Waals surface area contributed by atoms with Crippen LogP contribution in [-0.4, -0.2) is 41.1 Å². The molecule has 2 aliphatic rings. The second-order valence-corrected chi connectivity index (χ2v) is 6.66. The van der Waals surface area contributed by atoms with Gasteiger partial charge in [-0.2, -0.15) is 0 Å². The fourth-order valence-electron chi connectivity index (χ4n) is 2.94. The molecule has 5 heteroatoms. The largest absolute Gasteiger partial charge is 0.445 e. The summed E-state index contributed by atoms with van der Waals surface area (Å²) in [5.74, 6) is 0. The molecule has 1 aromatic carbocycles. The van der Waals surface area contributed by atoms with Crippen molar-refractivity contribution < 1.29 is 14.3 Å². The van der Waals surface area contributed by atoms with E-state index in [1.165, 1.54) is 0 Å². The molecule has 2 fully saturated rings. The zero-order valence-electron chi connectivity index (χ0n) is 11.2. The number of fused-ring (bicyclic) bond motifs is 2. The first-order valence-corrected chi connectivity index (χ1v) is 7.86. The summed E-state index contributed by atoms with van der Waals surface area (Å²) in [5.41, 5.74) is 1.01. The number of carbonyl (C=O) groups is 1. The van der Waals surface area contributed by atoms with Crippen molar-refractivity contribution in [3.8, 4) is 0 Å². The number of rotatable bonds is 2. The Hall–Kier alpha value is -1.07. The number of ether oxygens (including phenoxy) is 2. The van der Waals surface area contributed by atoms with Crippen LogP contribution in [0.2, 0.25) is 0 Å². The van der Waals surface area contributed by atoms with E-state index < -0.39 is 0 Å². The topological polar surface area (TPSA) is 38.8 Å². The lowest BCUT2D eigenvalue weighted by atomic mass is 9.95. The van der Waals surface area contributed by atoms with Gasteiger partial charge in [-0.15, -0.1) is 0 Å². The maximum absolute atomic E-state index is 12.3. The molecule has 20 heavy (non-hydrogen) atoms. The Morgan fingerprint density at radius 3 is 2.55 bits per heavy atom. The molecular formula is C15H18BrNO3. The van der Waals surface area contributed by atoms with Crippen LogP contribution in [0.5, 0.6) is 0 Å². The van der Waals surface area contributed by atoms with E-state index in [1.807, 2.05) is 35.2 Å². The normalized spacial score (nSPS) is 29.1. The van der Waals surface area contributed by atoms with Crippen LogP contribution in [0.15, 0.2) is 30.3 Å². The Morgan fingerprint density at radius 2 is 1.90 bits per heavy atom. The van der Waals surface area contributed by atoms with Gasteiger partial charge in [0.15, 0.2) is 0 Å². The average Bonchev–Trinajstić information content (AvgIpc) is 2.45. The molecular weight excluding hydrogens is 322 g/mol. The highest BCUT2D eigenvalue weighted by molar-refractivity contribution is 9.09. The van der Waals surface area contributed by atoms with Crippen LogP contribution >= 0.6 is 15.9 Å². The summed E-state index contributed by atoms with van der Waals surface area (Å²) < 4.78 is 11.0. The summed E-state index contributed by atoms with van der Waals surface area (Å²) in [7, 11) is 0. The molecule has 0 aliphatic carbocycles. The van der Waals surface area contributed by atoms with Crippen LogP contribution in [0.3, 0.4) is 0 Å². The molecule has 0 saturated carbocycles. The Bertz CT molecular complexity index is 453. The molecule has 2 heterocycles. The molecule has 0 N–H and O–H groups in total. The van der Waals surface area contributed by atoms with Gasteiger partial charge in [-0.05, 0) is 18.4 Å². The number of carbonyl (C=O) groups excluding carboxylic acids is 1. The maximum Gasteiger partial charge on any atom is 0.410 e. The van der Waals surface area contributed by atoms with Crippen LogP contribution < -0.4 is 0 Å². The molecule has 0 radical (unpaired) electrons. The summed E-state index contributed by atoms with van der Waals surface area (Å²) in [6, 6.07) is 10.0. The van der Waals surface area contributed by atoms with E-state index in [-0.39, 0.29) is 18.2 Å². The number of hydrogen-bond donors (Lipinski definition) is 0. The standard InChI is InChI=1S/C15H18BrNO3/c16-12-6-13-9-19-10-14(7-12)17(13)15(18)20-8-11-4-2-1-3-5-11/h1-5,12-14H,6-10H2. The van der Waals surface area contributed by atoms with Gasteiger partial charge in [-0.3, -0.25) is 4.90 Å². The van der Waals surface area contributed by atoms with Crippen molar-refractivity contribution in [3.63, 3.8) is 0 Å². The van der Waals surface area contributed by atoms with Gasteiger partial charge in [0.1, 0.15) is 6.61 Å². The number of amides is 1. The summed E-state index contributed by atoms with van der Waals surface area (Å²) in [4.78, 5) is 14.7. The first-order valence-electron chi connectivity index (χ1n) is 6.95. The third kappa shape index (κ3) is 2.99. The molecule has 2 bridgehead atoms. The first-order chi connectivity index (χ1) is 9.74. The molecule has 1 aromatic rings. The van der Waals surface area contributed by atoms with E-state index in [2.05, 4.69) is 15.9 Å². The van der Waals surface area contributed by atoms with Gasteiger partial charge in [0.2, 0.25) is 0 Å². The van der Waals surface area contributed by atoms with Crippen LogP contribution in [-0.2, 0) is 16.1 Å². The highest BCUT2D eigenvalue weighted by Crippen LogP contribution is 2.32. The minimum absolute atomic E-state index is 0.134. The van der Waals surface area contributed by atoms with Crippen LogP contribution in [0, 0.1) is 0 Å². The lowest BCUT2D eigenvalue weighted by molar-refractivity contribution is -0.0643. The molecule has 2 unspecified atom stereocenters. The van der Waals surface area contributed by atoms with E-state index in [0.29, 0.717) is 24.6 Å². The predicted octanol–water partition coefficient (Wildman–Crippen LogP) is 2.95. The molecule has 2 aliphatic heterocycles. The number of alkyl halides is 1. The lowest BCUT2D eigenvalue weighted by Crippen LogP contribution is -2.59. The molecule has 2 atom stereocenters. The van der Waals surface area contributed by atoms with Gasteiger partial charge in [0.05, 0.1) is 25.3 Å². The van der Waals surface area contributed by atoms with Crippen molar-refractivity contribution in [2.75, 3.05) is 13.2 Å². The van der Waals surface area contributed by atoms with E-state index >= 15 is 0 Å². The predicted molar refractivity (Wildman–Crippen MR) is 78.8 cm³/mol. The highest BCUT2D eigenvalue weighted by Gasteiger charge is 2.41. The van der Waals surface area contributed by atoms with Gasteiger partial charge >= 0.3 is 6.09 Å². The Balaban J connectivity index is 1.62. The van der Waals surface area contributed by atoms with Crippen molar-refractivity contribution >= 4 is 22.0 Å². The fraction of sp³-hybridized carbons (Fsp3) is 0.533. The smallest absolute Gasteiger partial charge is 0.410 e. The molecule has 1 amide bonds. The van der Waals surface area contributed by atoms with Crippen molar-refractivity contribution in [1.29, 1.82) is 0 Å². The Morgan fingerprint density at radius 1 is 1.25 bits per heavy atom.